The van der Waals surface area contributed by atoms with Crippen molar-refractivity contribution < 1.29 is 9.90 Å². The van der Waals surface area contributed by atoms with Crippen LogP contribution in [0.25, 0.3) is 0 Å². The summed E-state index contributed by atoms with van der Waals surface area (Å²) in [5, 5.41) is 12.3. The maximum absolute atomic E-state index is 12.3. The summed E-state index contributed by atoms with van der Waals surface area (Å²) in [7, 11) is 0. The highest BCUT2D eigenvalue weighted by atomic mass is 16.3. The van der Waals surface area contributed by atoms with Gasteiger partial charge in [0.15, 0.2) is 0 Å². The summed E-state index contributed by atoms with van der Waals surface area (Å²) in [6.45, 7) is 4.68. The number of aliphatic hydroxyl groups excluding tert-OH is 1. The Labute approximate surface area is 113 Å². The molecule has 2 atom stereocenters. The first-order valence-electron chi connectivity index (χ1n) is 6.73. The topological polar surface area (TPSA) is 65.5 Å². The van der Waals surface area contributed by atoms with Crippen molar-refractivity contribution >= 4 is 11.7 Å². The van der Waals surface area contributed by atoms with Gasteiger partial charge in [0.05, 0.1) is 12.6 Å². The highest BCUT2D eigenvalue weighted by Crippen LogP contribution is 2.23. The van der Waals surface area contributed by atoms with Gasteiger partial charge in [0.25, 0.3) is 0 Å². The predicted molar refractivity (Wildman–Crippen MR) is 74.0 cm³/mol. The number of amides is 2. The molecule has 2 heterocycles. The molecule has 1 fully saturated rings. The van der Waals surface area contributed by atoms with Crippen LogP contribution in [0.2, 0.25) is 0 Å². The van der Waals surface area contributed by atoms with Crippen LogP contribution in [0.15, 0.2) is 18.3 Å². The van der Waals surface area contributed by atoms with Crippen LogP contribution in [0.5, 0.6) is 0 Å². The number of nitrogens with one attached hydrogen (secondary N) is 1. The van der Waals surface area contributed by atoms with Crippen molar-refractivity contribution in [3.63, 3.8) is 0 Å². The third kappa shape index (κ3) is 3.23. The van der Waals surface area contributed by atoms with E-state index in [0.29, 0.717) is 12.5 Å². The smallest absolute Gasteiger partial charge is 0.322 e. The Bertz CT molecular complexity index is 450. The number of rotatable bonds is 2. The standard InChI is InChI=1S/C14H21N3O2/c1-10-4-3-7-17(13(10)9-18)14(19)16-12-5-6-15-11(2)8-12/h5-6,8,10,13,18H,3-4,7,9H2,1-2H3,(H,15,16,19). The van der Waals surface area contributed by atoms with Crippen LogP contribution in [-0.4, -0.2) is 40.2 Å². The van der Waals surface area contributed by atoms with Gasteiger partial charge in [-0.2, -0.15) is 0 Å². The maximum Gasteiger partial charge on any atom is 0.322 e. The number of carbonyl (C=O) groups excluding carboxylic acids is 1. The number of hydrogen-bond acceptors (Lipinski definition) is 3. The molecule has 0 spiro atoms. The molecule has 0 aromatic carbocycles. The number of carbonyl (C=O) groups is 1. The molecule has 0 bridgehead atoms. The molecule has 1 aliphatic heterocycles. The summed E-state index contributed by atoms with van der Waals surface area (Å²) in [5.74, 6) is 0.337. The van der Waals surface area contributed by atoms with E-state index in [2.05, 4.69) is 17.2 Å². The lowest BCUT2D eigenvalue weighted by atomic mass is 9.91. The number of hydrogen-bond donors (Lipinski definition) is 2. The molecular formula is C14H21N3O2. The molecule has 5 nitrogen and oxygen atoms in total. The van der Waals surface area contributed by atoms with E-state index < -0.39 is 0 Å². The van der Waals surface area contributed by atoms with Crippen molar-refractivity contribution in [2.24, 2.45) is 5.92 Å². The lowest BCUT2D eigenvalue weighted by Gasteiger charge is -2.38. The Hall–Kier alpha value is -1.62. The van der Waals surface area contributed by atoms with Gasteiger partial charge < -0.3 is 15.3 Å². The number of aromatic nitrogens is 1. The summed E-state index contributed by atoms with van der Waals surface area (Å²) in [6.07, 6.45) is 3.72. The zero-order valence-electron chi connectivity index (χ0n) is 11.5. The number of anilines is 1. The molecule has 0 aliphatic carbocycles. The van der Waals surface area contributed by atoms with E-state index >= 15 is 0 Å². The molecule has 1 saturated heterocycles. The lowest BCUT2D eigenvalue weighted by molar-refractivity contribution is 0.0811. The summed E-state index contributed by atoms with van der Waals surface area (Å²) in [5.41, 5.74) is 1.61. The van der Waals surface area contributed by atoms with E-state index in [1.165, 1.54) is 0 Å². The first-order chi connectivity index (χ1) is 9.11. The van der Waals surface area contributed by atoms with E-state index in [4.69, 9.17) is 0 Å². The maximum atomic E-state index is 12.3. The zero-order chi connectivity index (χ0) is 13.8. The molecule has 2 N–H and O–H groups in total. The average Bonchev–Trinajstić information content (AvgIpc) is 2.38. The number of piperidine rings is 1. The van der Waals surface area contributed by atoms with Crippen LogP contribution < -0.4 is 5.32 Å². The van der Waals surface area contributed by atoms with Crippen LogP contribution in [0.4, 0.5) is 10.5 Å². The number of likely N-dealkylation sites (tertiary alicyclic amines) is 1. The van der Waals surface area contributed by atoms with Crippen molar-refractivity contribution in [1.29, 1.82) is 0 Å². The fourth-order valence-corrected chi connectivity index (χ4v) is 2.60. The largest absolute Gasteiger partial charge is 0.394 e. The summed E-state index contributed by atoms with van der Waals surface area (Å²) in [6, 6.07) is 3.37. The first-order valence-corrected chi connectivity index (χ1v) is 6.73. The number of aryl methyl sites for hydroxylation is 1. The van der Waals surface area contributed by atoms with Crippen molar-refractivity contribution in [3.05, 3.63) is 24.0 Å². The van der Waals surface area contributed by atoms with Crippen LogP contribution in [0.1, 0.15) is 25.5 Å². The van der Waals surface area contributed by atoms with Crippen LogP contribution in [-0.2, 0) is 0 Å². The van der Waals surface area contributed by atoms with Gasteiger partial charge in [-0.25, -0.2) is 4.79 Å². The molecule has 1 aromatic rings. The van der Waals surface area contributed by atoms with Crippen molar-refractivity contribution in [2.75, 3.05) is 18.5 Å². The fourth-order valence-electron chi connectivity index (χ4n) is 2.60. The van der Waals surface area contributed by atoms with E-state index in [-0.39, 0.29) is 18.7 Å². The zero-order valence-corrected chi connectivity index (χ0v) is 11.5. The van der Waals surface area contributed by atoms with Gasteiger partial charge in [0, 0.05) is 24.1 Å². The first kappa shape index (κ1) is 13.8. The average molecular weight is 263 g/mol. The number of nitrogens with zero attached hydrogens (tertiary/aromatic N) is 2. The monoisotopic (exact) mass is 263 g/mol. The molecule has 1 aromatic heterocycles. The third-order valence-electron chi connectivity index (χ3n) is 3.71. The second kappa shape index (κ2) is 6.02. The summed E-state index contributed by atoms with van der Waals surface area (Å²) in [4.78, 5) is 18.1. The molecular weight excluding hydrogens is 242 g/mol. The van der Waals surface area contributed by atoms with Gasteiger partial charge in [-0.3, -0.25) is 4.98 Å². The molecule has 2 unspecified atom stereocenters. The van der Waals surface area contributed by atoms with Gasteiger partial charge in [0.1, 0.15) is 0 Å². The molecule has 0 saturated carbocycles. The molecule has 0 radical (unpaired) electrons. The fraction of sp³-hybridized carbons (Fsp3) is 0.571. The molecule has 2 amide bonds. The molecule has 2 rings (SSSR count). The van der Waals surface area contributed by atoms with E-state index in [1.54, 1.807) is 17.2 Å². The van der Waals surface area contributed by atoms with E-state index in [1.807, 2.05) is 13.0 Å². The van der Waals surface area contributed by atoms with Crippen molar-refractivity contribution in [2.45, 2.75) is 32.7 Å². The summed E-state index contributed by atoms with van der Waals surface area (Å²) < 4.78 is 0. The minimum Gasteiger partial charge on any atom is -0.394 e. The lowest BCUT2D eigenvalue weighted by Crippen LogP contribution is -2.51. The van der Waals surface area contributed by atoms with Crippen molar-refractivity contribution in [3.8, 4) is 0 Å². The molecule has 19 heavy (non-hydrogen) atoms. The highest BCUT2D eigenvalue weighted by molar-refractivity contribution is 5.89. The van der Waals surface area contributed by atoms with Crippen LogP contribution in [0.3, 0.4) is 0 Å². The van der Waals surface area contributed by atoms with Gasteiger partial charge >= 0.3 is 6.03 Å². The van der Waals surface area contributed by atoms with Gasteiger partial charge in [0.2, 0.25) is 0 Å². The Balaban J connectivity index is 2.06. The number of urea groups is 1. The van der Waals surface area contributed by atoms with Gasteiger partial charge in [-0.15, -0.1) is 0 Å². The second-order valence-corrected chi connectivity index (χ2v) is 5.18. The number of aliphatic hydroxyl groups is 1. The van der Waals surface area contributed by atoms with Crippen LogP contribution in [0, 0.1) is 12.8 Å². The Morgan fingerprint density at radius 1 is 1.63 bits per heavy atom. The van der Waals surface area contributed by atoms with Crippen LogP contribution >= 0.6 is 0 Å². The second-order valence-electron chi connectivity index (χ2n) is 5.18. The molecule has 104 valence electrons. The van der Waals surface area contributed by atoms with E-state index in [9.17, 15) is 9.90 Å². The minimum atomic E-state index is -0.142. The Morgan fingerprint density at radius 3 is 3.11 bits per heavy atom. The Morgan fingerprint density at radius 2 is 2.42 bits per heavy atom. The molecule has 1 aliphatic rings. The minimum absolute atomic E-state index is 0.0178. The third-order valence-corrected chi connectivity index (χ3v) is 3.71. The molecule has 5 heteroatoms. The predicted octanol–water partition coefficient (Wildman–Crippen LogP) is 2.01. The highest BCUT2D eigenvalue weighted by Gasteiger charge is 2.31. The Kier molecular flexibility index (Phi) is 4.37. The van der Waals surface area contributed by atoms with Gasteiger partial charge in [-0.1, -0.05) is 6.92 Å². The number of pyridine rings is 1. The summed E-state index contributed by atoms with van der Waals surface area (Å²) >= 11 is 0. The van der Waals surface area contributed by atoms with Crippen molar-refractivity contribution in [1.82, 2.24) is 9.88 Å². The normalized spacial score (nSPS) is 23.2. The quantitative estimate of drug-likeness (QED) is 0.858. The SMILES string of the molecule is Cc1cc(NC(=O)N2CCCC(C)C2CO)ccn1. The van der Waals surface area contributed by atoms with E-state index in [0.717, 1.165) is 24.2 Å². The van der Waals surface area contributed by atoms with Gasteiger partial charge in [-0.05, 0) is 37.8 Å².